The molecule has 94 valence electrons. The Labute approximate surface area is 97.4 Å². The van der Waals surface area contributed by atoms with Gasteiger partial charge in [0.15, 0.2) is 0 Å². The van der Waals surface area contributed by atoms with Crippen LogP contribution in [0.2, 0.25) is 0 Å². The SMILES string of the molecule is C[C@H](O)C1(NC(=O)OC(C)(C)C)CCCC1. The molecule has 1 aliphatic rings. The molecule has 1 amide bonds. The number of hydrogen-bond acceptors (Lipinski definition) is 3. The van der Waals surface area contributed by atoms with Crippen molar-refractivity contribution in [2.24, 2.45) is 0 Å². The average Bonchev–Trinajstić information content (AvgIpc) is 2.49. The number of hydrogen-bond donors (Lipinski definition) is 2. The van der Waals surface area contributed by atoms with Gasteiger partial charge in [0.1, 0.15) is 5.60 Å². The second-order valence-electron chi connectivity index (χ2n) is 5.67. The number of ether oxygens (including phenoxy) is 1. The van der Waals surface area contributed by atoms with Crippen molar-refractivity contribution in [1.29, 1.82) is 0 Å². The summed E-state index contributed by atoms with van der Waals surface area (Å²) in [5.41, 5.74) is -0.981. The van der Waals surface area contributed by atoms with Gasteiger partial charge in [0.2, 0.25) is 0 Å². The number of carbonyl (C=O) groups excluding carboxylic acids is 1. The summed E-state index contributed by atoms with van der Waals surface area (Å²) >= 11 is 0. The van der Waals surface area contributed by atoms with Crippen LogP contribution in [0.4, 0.5) is 4.79 Å². The largest absolute Gasteiger partial charge is 0.444 e. The molecule has 0 bridgehead atoms. The zero-order valence-corrected chi connectivity index (χ0v) is 10.7. The van der Waals surface area contributed by atoms with Crippen molar-refractivity contribution < 1.29 is 14.6 Å². The second-order valence-corrected chi connectivity index (χ2v) is 5.67. The highest BCUT2D eigenvalue weighted by atomic mass is 16.6. The molecule has 1 fully saturated rings. The van der Waals surface area contributed by atoms with Crippen LogP contribution in [0.5, 0.6) is 0 Å². The summed E-state index contributed by atoms with van der Waals surface area (Å²) in [4.78, 5) is 11.7. The number of amides is 1. The van der Waals surface area contributed by atoms with Crippen molar-refractivity contribution in [2.45, 2.75) is 70.6 Å². The zero-order valence-electron chi connectivity index (χ0n) is 10.7. The summed E-state index contributed by atoms with van der Waals surface area (Å²) in [5, 5.41) is 12.6. The van der Waals surface area contributed by atoms with Gasteiger partial charge in [-0.1, -0.05) is 12.8 Å². The predicted octanol–water partition coefficient (Wildman–Crippen LogP) is 2.20. The maximum absolute atomic E-state index is 11.7. The fourth-order valence-corrected chi connectivity index (χ4v) is 2.16. The van der Waals surface area contributed by atoms with E-state index in [1.807, 2.05) is 20.8 Å². The lowest BCUT2D eigenvalue weighted by Crippen LogP contribution is -2.54. The Kier molecular flexibility index (Phi) is 3.84. The van der Waals surface area contributed by atoms with Gasteiger partial charge >= 0.3 is 6.09 Å². The molecular weight excluding hydrogens is 206 g/mol. The van der Waals surface area contributed by atoms with Crippen molar-refractivity contribution in [1.82, 2.24) is 5.32 Å². The monoisotopic (exact) mass is 229 g/mol. The minimum atomic E-state index is -0.539. The molecule has 0 aromatic carbocycles. The smallest absolute Gasteiger partial charge is 0.408 e. The van der Waals surface area contributed by atoms with E-state index in [9.17, 15) is 9.90 Å². The Morgan fingerprint density at radius 2 is 1.88 bits per heavy atom. The number of alkyl carbamates (subject to hydrolysis) is 1. The van der Waals surface area contributed by atoms with E-state index in [1.54, 1.807) is 6.92 Å². The average molecular weight is 229 g/mol. The summed E-state index contributed by atoms with van der Waals surface area (Å²) in [6.07, 6.45) is 2.76. The molecule has 0 radical (unpaired) electrons. The molecular formula is C12H23NO3. The van der Waals surface area contributed by atoms with E-state index in [4.69, 9.17) is 4.74 Å². The van der Waals surface area contributed by atoms with Crippen LogP contribution in [0.3, 0.4) is 0 Å². The first-order valence-electron chi connectivity index (χ1n) is 5.94. The third-order valence-electron chi connectivity index (χ3n) is 3.05. The molecule has 2 N–H and O–H groups in total. The molecule has 1 atom stereocenters. The predicted molar refractivity (Wildman–Crippen MR) is 62.2 cm³/mol. The van der Waals surface area contributed by atoms with Crippen LogP contribution in [0.1, 0.15) is 53.4 Å². The van der Waals surface area contributed by atoms with Gasteiger partial charge in [0.25, 0.3) is 0 Å². The molecule has 0 aromatic rings. The lowest BCUT2D eigenvalue weighted by Gasteiger charge is -2.34. The Morgan fingerprint density at radius 3 is 2.25 bits per heavy atom. The van der Waals surface area contributed by atoms with Crippen molar-refractivity contribution in [3.05, 3.63) is 0 Å². The molecule has 0 heterocycles. The van der Waals surface area contributed by atoms with Crippen LogP contribution >= 0.6 is 0 Å². The van der Waals surface area contributed by atoms with Crippen LogP contribution < -0.4 is 5.32 Å². The first kappa shape index (κ1) is 13.3. The van der Waals surface area contributed by atoms with E-state index in [1.165, 1.54) is 0 Å². The highest BCUT2D eigenvalue weighted by Crippen LogP contribution is 2.32. The summed E-state index contributed by atoms with van der Waals surface area (Å²) in [6.45, 7) is 7.21. The molecule has 0 aromatic heterocycles. The van der Waals surface area contributed by atoms with E-state index < -0.39 is 23.3 Å². The Bertz CT molecular complexity index is 249. The summed E-state index contributed by atoms with van der Waals surface area (Å²) in [5.74, 6) is 0. The van der Waals surface area contributed by atoms with Crippen molar-refractivity contribution in [2.75, 3.05) is 0 Å². The van der Waals surface area contributed by atoms with Gasteiger partial charge in [-0.2, -0.15) is 0 Å². The van der Waals surface area contributed by atoms with Crippen molar-refractivity contribution >= 4 is 6.09 Å². The molecule has 0 spiro atoms. The number of aliphatic hydroxyl groups is 1. The molecule has 4 nitrogen and oxygen atoms in total. The van der Waals surface area contributed by atoms with Gasteiger partial charge < -0.3 is 15.2 Å². The maximum atomic E-state index is 11.7. The summed E-state index contributed by atoms with van der Waals surface area (Å²) < 4.78 is 5.21. The molecule has 16 heavy (non-hydrogen) atoms. The van der Waals surface area contributed by atoms with Gasteiger partial charge in [-0.15, -0.1) is 0 Å². The van der Waals surface area contributed by atoms with E-state index in [2.05, 4.69) is 5.32 Å². The Balaban J connectivity index is 2.60. The molecule has 4 heteroatoms. The number of nitrogens with one attached hydrogen (secondary N) is 1. The van der Waals surface area contributed by atoms with Crippen molar-refractivity contribution in [3.8, 4) is 0 Å². The molecule has 1 saturated carbocycles. The number of rotatable bonds is 2. The molecule has 0 saturated heterocycles. The summed E-state index contributed by atoms with van der Waals surface area (Å²) in [6, 6.07) is 0. The van der Waals surface area contributed by atoms with Gasteiger partial charge in [0.05, 0.1) is 11.6 Å². The Morgan fingerprint density at radius 1 is 1.38 bits per heavy atom. The first-order valence-corrected chi connectivity index (χ1v) is 5.94. The second kappa shape index (κ2) is 4.62. The standard InChI is InChI=1S/C12H23NO3/c1-9(14)12(7-5-6-8-12)13-10(15)16-11(2,3)4/h9,14H,5-8H2,1-4H3,(H,13,15)/t9-/m0/s1. The van der Waals surface area contributed by atoms with Crippen LogP contribution in [-0.2, 0) is 4.74 Å². The van der Waals surface area contributed by atoms with E-state index in [-0.39, 0.29) is 0 Å². The molecule has 1 aliphatic carbocycles. The first-order chi connectivity index (χ1) is 7.25. The van der Waals surface area contributed by atoms with Gasteiger partial charge in [0, 0.05) is 0 Å². The molecule has 0 aliphatic heterocycles. The van der Waals surface area contributed by atoms with Crippen LogP contribution in [0, 0.1) is 0 Å². The topological polar surface area (TPSA) is 58.6 Å². The lowest BCUT2D eigenvalue weighted by atomic mass is 9.92. The maximum Gasteiger partial charge on any atom is 0.408 e. The van der Waals surface area contributed by atoms with Gasteiger partial charge in [-0.05, 0) is 40.5 Å². The zero-order chi connectivity index (χ0) is 12.4. The minimum absolute atomic E-state index is 0.435. The quantitative estimate of drug-likeness (QED) is 0.763. The van der Waals surface area contributed by atoms with Crippen LogP contribution in [0.15, 0.2) is 0 Å². The Hall–Kier alpha value is -0.770. The third-order valence-corrected chi connectivity index (χ3v) is 3.05. The summed E-state index contributed by atoms with van der Waals surface area (Å²) in [7, 11) is 0. The van der Waals surface area contributed by atoms with E-state index in [0.29, 0.717) is 0 Å². The number of aliphatic hydroxyl groups excluding tert-OH is 1. The lowest BCUT2D eigenvalue weighted by molar-refractivity contribution is 0.0268. The highest BCUT2D eigenvalue weighted by Gasteiger charge is 2.40. The molecule has 1 rings (SSSR count). The fraction of sp³-hybridized carbons (Fsp3) is 0.917. The normalized spacial score (nSPS) is 21.6. The third kappa shape index (κ3) is 3.37. The van der Waals surface area contributed by atoms with E-state index >= 15 is 0 Å². The number of carbonyl (C=O) groups is 1. The van der Waals surface area contributed by atoms with Gasteiger partial charge in [-0.25, -0.2) is 4.79 Å². The highest BCUT2D eigenvalue weighted by molar-refractivity contribution is 5.69. The van der Waals surface area contributed by atoms with Crippen LogP contribution in [-0.4, -0.2) is 28.4 Å². The minimum Gasteiger partial charge on any atom is -0.444 e. The molecule has 0 unspecified atom stereocenters. The van der Waals surface area contributed by atoms with E-state index in [0.717, 1.165) is 25.7 Å². The van der Waals surface area contributed by atoms with Crippen molar-refractivity contribution in [3.63, 3.8) is 0 Å². The van der Waals surface area contributed by atoms with Crippen LogP contribution in [0.25, 0.3) is 0 Å². The van der Waals surface area contributed by atoms with Gasteiger partial charge in [-0.3, -0.25) is 0 Å². The fourth-order valence-electron chi connectivity index (χ4n) is 2.16.